The minimum atomic E-state index is -0.244. The highest BCUT2D eigenvalue weighted by Crippen LogP contribution is 2.30. The largest absolute Gasteiger partial charge is 0.382 e. The molecule has 0 aromatic carbocycles. The topological polar surface area (TPSA) is 56.1 Å². The van der Waals surface area contributed by atoms with E-state index in [2.05, 4.69) is 17.3 Å². The molecule has 0 unspecified atom stereocenters. The van der Waals surface area contributed by atoms with Crippen LogP contribution in [0, 0.1) is 5.41 Å². The van der Waals surface area contributed by atoms with Gasteiger partial charge in [0.15, 0.2) is 0 Å². The summed E-state index contributed by atoms with van der Waals surface area (Å²) >= 11 is 6.08. The molecule has 2 heterocycles. The van der Waals surface area contributed by atoms with Crippen LogP contribution in [0.25, 0.3) is 0 Å². The van der Waals surface area contributed by atoms with Crippen molar-refractivity contribution in [3.63, 3.8) is 0 Å². The summed E-state index contributed by atoms with van der Waals surface area (Å²) in [6.07, 6.45) is 3.64. The molecule has 0 radical (unpaired) electrons. The van der Waals surface area contributed by atoms with E-state index in [9.17, 15) is 4.79 Å². The molecule has 0 spiro atoms. The molecule has 0 aliphatic carbocycles. The second kappa shape index (κ2) is 5.92. The number of aromatic nitrogens is 2. The van der Waals surface area contributed by atoms with Crippen LogP contribution in [-0.4, -0.2) is 29.5 Å². The van der Waals surface area contributed by atoms with E-state index >= 15 is 0 Å². The van der Waals surface area contributed by atoms with E-state index in [1.165, 1.54) is 4.68 Å². The van der Waals surface area contributed by atoms with Crippen LogP contribution < -0.4 is 10.9 Å². The molecule has 1 saturated heterocycles. The predicted octanol–water partition coefficient (Wildman–Crippen LogP) is 2.15. The summed E-state index contributed by atoms with van der Waals surface area (Å²) in [4.78, 5) is 11.9. The number of nitrogens with one attached hydrogen (secondary N) is 1. The van der Waals surface area contributed by atoms with Crippen LogP contribution in [0.3, 0.4) is 0 Å². The monoisotopic (exact) mass is 285 g/mol. The van der Waals surface area contributed by atoms with Crippen LogP contribution in [0.15, 0.2) is 11.0 Å². The molecule has 1 N–H and O–H groups in total. The van der Waals surface area contributed by atoms with Gasteiger partial charge in [-0.1, -0.05) is 18.5 Å². The summed E-state index contributed by atoms with van der Waals surface area (Å²) in [6, 6.07) is 0. The average molecular weight is 286 g/mol. The third-order valence-corrected chi connectivity index (χ3v) is 4.06. The number of hydrogen-bond acceptors (Lipinski definition) is 4. The molecule has 1 aromatic heterocycles. The van der Waals surface area contributed by atoms with Crippen molar-refractivity contribution in [1.82, 2.24) is 9.78 Å². The Kier molecular flexibility index (Phi) is 4.47. The Morgan fingerprint density at radius 1 is 1.53 bits per heavy atom. The minimum Gasteiger partial charge on any atom is -0.382 e. The van der Waals surface area contributed by atoms with E-state index in [1.54, 1.807) is 6.20 Å². The molecule has 0 saturated carbocycles. The van der Waals surface area contributed by atoms with Gasteiger partial charge in [0.1, 0.15) is 5.02 Å². The molecule has 0 bridgehead atoms. The first-order chi connectivity index (χ1) is 9.06. The van der Waals surface area contributed by atoms with Gasteiger partial charge in [-0.2, -0.15) is 5.10 Å². The lowest BCUT2D eigenvalue weighted by atomic mass is 9.82. The molecule has 0 amide bonds. The standard InChI is InChI=1S/C13H20ClN3O2/c1-3-17-12(18)11(14)10(8-16-17)15-9-13(2)4-6-19-7-5-13/h8,15H,3-7,9H2,1-2H3. The summed E-state index contributed by atoms with van der Waals surface area (Å²) in [5.41, 5.74) is 0.552. The van der Waals surface area contributed by atoms with Crippen molar-refractivity contribution in [3.8, 4) is 0 Å². The molecule has 5 nitrogen and oxygen atoms in total. The quantitative estimate of drug-likeness (QED) is 0.921. The van der Waals surface area contributed by atoms with Gasteiger partial charge < -0.3 is 10.1 Å². The van der Waals surface area contributed by atoms with Gasteiger partial charge in [0.05, 0.1) is 11.9 Å². The Morgan fingerprint density at radius 2 is 2.21 bits per heavy atom. The minimum absolute atomic E-state index is 0.182. The first kappa shape index (κ1) is 14.3. The molecular weight excluding hydrogens is 266 g/mol. The highest BCUT2D eigenvalue weighted by molar-refractivity contribution is 6.32. The molecule has 1 aliphatic heterocycles. The Labute approximate surface area is 117 Å². The van der Waals surface area contributed by atoms with Gasteiger partial charge in [-0.15, -0.1) is 0 Å². The number of halogens is 1. The maximum Gasteiger partial charge on any atom is 0.287 e. The van der Waals surface area contributed by atoms with Crippen molar-refractivity contribution in [2.45, 2.75) is 33.2 Å². The maximum atomic E-state index is 11.9. The molecule has 1 fully saturated rings. The lowest BCUT2D eigenvalue weighted by Gasteiger charge is -2.33. The van der Waals surface area contributed by atoms with E-state index in [1.807, 2.05) is 6.92 Å². The second-order valence-electron chi connectivity index (χ2n) is 5.27. The van der Waals surface area contributed by atoms with Crippen LogP contribution in [-0.2, 0) is 11.3 Å². The molecule has 1 aliphatic rings. The van der Waals surface area contributed by atoms with Crippen LogP contribution in [0.1, 0.15) is 26.7 Å². The number of anilines is 1. The van der Waals surface area contributed by atoms with Gasteiger partial charge >= 0.3 is 0 Å². The Hall–Kier alpha value is -1.07. The zero-order valence-electron chi connectivity index (χ0n) is 11.4. The number of ether oxygens (including phenoxy) is 1. The zero-order valence-corrected chi connectivity index (χ0v) is 12.2. The first-order valence-electron chi connectivity index (χ1n) is 6.63. The Balaban J connectivity index is 2.07. The van der Waals surface area contributed by atoms with Gasteiger partial charge in [-0.05, 0) is 25.2 Å². The third-order valence-electron chi connectivity index (χ3n) is 3.69. The highest BCUT2D eigenvalue weighted by atomic mass is 35.5. The van der Waals surface area contributed by atoms with Gasteiger partial charge in [-0.25, -0.2) is 4.68 Å². The summed E-state index contributed by atoms with van der Waals surface area (Å²) in [5.74, 6) is 0. The second-order valence-corrected chi connectivity index (χ2v) is 5.65. The molecule has 1 aromatic rings. The van der Waals surface area contributed by atoms with Gasteiger partial charge in [0.25, 0.3) is 5.56 Å². The molecular formula is C13H20ClN3O2. The van der Waals surface area contributed by atoms with Crippen LogP contribution >= 0.6 is 11.6 Å². The molecule has 106 valence electrons. The Morgan fingerprint density at radius 3 is 2.84 bits per heavy atom. The molecule has 19 heavy (non-hydrogen) atoms. The van der Waals surface area contributed by atoms with Crippen molar-refractivity contribution in [3.05, 3.63) is 21.6 Å². The van der Waals surface area contributed by atoms with E-state index < -0.39 is 0 Å². The van der Waals surface area contributed by atoms with E-state index in [0.717, 1.165) is 32.6 Å². The summed E-state index contributed by atoms with van der Waals surface area (Å²) < 4.78 is 6.72. The number of rotatable bonds is 4. The summed E-state index contributed by atoms with van der Waals surface area (Å²) in [6.45, 7) is 6.96. The van der Waals surface area contributed by atoms with Gasteiger partial charge in [0.2, 0.25) is 0 Å². The highest BCUT2D eigenvalue weighted by Gasteiger charge is 2.27. The average Bonchev–Trinajstić information content (AvgIpc) is 2.41. The normalized spacial score (nSPS) is 18.3. The van der Waals surface area contributed by atoms with Crippen molar-refractivity contribution in [1.29, 1.82) is 0 Å². The van der Waals surface area contributed by atoms with Gasteiger partial charge in [0, 0.05) is 26.3 Å². The van der Waals surface area contributed by atoms with Crippen molar-refractivity contribution in [2.75, 3.05) is 25.1 Å². The van der Waals surface area contributed by atoms with Crippen LogP contribution in [0.5, 0.6) is 0 Å². The van der Waals surface area contributed by atoms with Crippen molar-refractivity contribution >= 4 is 17.3 Å². The molecule has 2 rings (SSSR count). The summed E-state index contributed by atoms with van der Waals surface area (Å²) in [7, 11) is 0. The fraction of sp³-hybridized carbons (Fsp3) is 0.692. The number of aryl methyl sites for hydroxylation is 1. The third kappa shape index (κ3) is 3.28. The SMILES string of the molecule is CCn1ncc(NCC2(C)CCOCC2)c(Cl)c1=O. The van der Waals surface area contributed by atoms with Crippen molar-refractivity contribution in [2.24, 2.45) is 5.41 Å². The first-order valence-corrected chi connectivity index (χ1v) is 7.01. The molecule has 6 heteroatoms. The number of nitrogens with zero attached hydrogens (tertiary/aromatic N) is 2. The molecule has 0 atom stereocenters. The predicted molar refractivity (Wildman–Crippen MR) is 75.8 cm³/mol. The van der Waals surface area contributed by atoms with Crippen molar-refractivity contribution < 1.29 is 4.74 Å². The fourth-order valence-electron chi connectivity index (χ4n) is 2.16. The van der Waals surface area contributed by atoms with Crippen LogP contribution in [0.2, 0.25) is 5.02 Å². The van der Waals surface area contributed by atoms with E-state index in [4.69, 9.17) is 16.3 Å². The summed E-state index contributed by atoms with van der Waals surface area (Å²) in [5, 5.41) is 7.54. The zero-order chi connectivity index (χ0) is 13.9. The van der Waals surface area contributed by atoms with Crippen LogP contribution in [0.4, 0.5) is 5.69 Å². The van der Waals surface area contributed by atoms with E-state index in [0.29, 0.717) is 12.2 Å². The van der Waals surface area contributed by atoms with Gasteiger partial charge in [-0.3, -0.25) is 4.79 Å². The number of hydrogen-bond donors (Lipinski definition) is 1. The Bertz CT molecular complexity index is 495. The lowest BCUT2D eigenvalue weighted by Crippen LogP contribution is -2.34. The lowest BCUT2D eigenvalue weighted by molar-refractivity contribution is 0.0300. The fourth-order valence-corrected chi connectivity index (χ4v) is 2.38. The smallest absolute Gasteiger partial charge is 0.287 e. The van der Waals surface area contributed by atoms with E-state index in [-0.39, 0.29) is 16.0 Å². The maximum absolute atomic E-state index is 11.9.